The first-order chi connectivity index (χ1) is 14.5. The highest BCUT2D eigenvalue weighted by atomic mass is 35.5. The Morgan fingerprint density at radius 2 is 1.90 bits per heavy atom. The van der Waals surface area contributed by atoms with Crippen LogP contribution in [0.3, 0.4) is 0 Å². The second kappa shape index (κ2) is 8.71. The first-order valence-electron chi connectivity index (χ1n) is 9.40. The van der Waals surface area contributed by atoms with Gasteiger partial charge in [-0.05, 0) is 30.7 Å². The van der Waals surface area contributed by atoms with E-state index in [0.717, 1.165) is 0 Å². The number of carbonyl (C=O) groups is 1. The van der Waals surface area contributed by atoms with Crippen molar-refractivity contribution >= 4 is 23.2 Å². The normalized spacial score (nSPS) is 16.1. The largest absolute Gasteiger partial charge is 0.433 e. The molecule has 1 aliphatic heterocycles. The molecule has 0 aliphatic carbocycles. The van der Waals surface area contributed by atoms with E-state index >= 15 is 0 Å². The van der Waals surface area contributed by atoms with E-state index in [1.165, 1.54) is 12.3 Å². The van der Waals surface area contributed by atoms with Crippen LogP contribution >= 0.6 is 11.6 Å². The molecule has 1 atom stereocenters. The number of halogens is 3. The third-order valence-corrected chi connectivity index (χ3v) is 5.21. The van der Waals surface area contributed by atoms with Crippen molar-refractivity contribution in [3.05, 3.63) is 71.5 Å². The van der Waals surface area contributed by atoms with E-state index in [1.54, 1.807) is 35.1 Å². The standard InChI is InChI=1S/C21H19ClF2N4O2/c22-16-5-1-2-6-17(16)28-12-14(11-25-28)20(29)26-15-9-10-27(13-15)18-7-3-4-8-19(18)30-21(23)24/h1-8,11-12,15,21H,9-10,13H2,(H,26,29). The lowest BCUT2D eigenvalue weighted by molar-refractivity contribution is -0.0495. The van der Waals surface area contributed by atoms with Crippen LogP contribution in [0.1, 0.15) is 16.8 Å². The molecule has 2 heterocycles. The highest BCUT2D eigenvalue weighted by Gasteiger charge is 2.27. The van der Waals surface area contributed by atoms with Crippen molar-refractivity contribution in [2.45, 2.75) is 19.1 Å². The summed E-state index contributed by atoms with van der Waals surface area (Å²) in [4.78, 5) is 14.6. The van der Waals surface area contributed by atoms with Gasteiger partial charge in [0.05, 0.1) is 28.2 Å². The van der Waals surface area contributed by atoms with Gasteiger partial charge in [0, 0.05) is 25.3 Å². The summed E-state index contributed by atoms with van der Waals surface area (Å²) in [6, 6.07) is 13.7. The van der Waals surface area contributed by atoms with Crippen LogP contribution in [-0.2, 0) is 0 Å². The van der Waals surface area contributed by atoms with Gasteiger partial charge in [0.2, 0.25) is 0 Å². The Bertz CT molecular complexity index is 1040. The molecule has 1 aromatic heterocycles. The molecular formula is C21H19ClF2N4O2. The van der Waals surface area contributed by atoms with E-state index in [9.17, 15) is 13.6 Å². The summed E-state index contributed by atoms with van der Waals surface area (Å²) in [6.07, 6.45) is 3.79. The van der Waals surface area contributed by atoms with E-state index in [2.05, 4.69) is 15.2 Å². The molecule has 1 saturated heterocycles. The molecule has 1 fully saturated rings. The maximum atomic E-state index is 12.7. The highest BCUT2D eigenvalue weighted by molar-refractivity contribution is 6.32. The molecule has 0 spiro atoms. The summed E-state index contributed by atoms with van der Waals surface area (Å²) < 4.78 is 31.5. The minimum Gasteiger partial charge on any atom is -0.433 e. The molecule has 9 heteroatoms. The predicted molar refractivity (Wildman–Crippen MR) is 110 cm³/mol. The summed E-state index contributed by atoms with van der Waals surface area (Å²) in [6.45, 7) is -1.78. The molecular weight excluding hydrogens is 414 g/mol. The van der Waals surface area contributed by atoms with Gasteiger partial charge >= 0.3 is 6.61 Å². The van der Waals surface area contributed by atoms with Gasteiger partial charge in [0.25, 0.3) is 5.91 Å². The fourth-order valence-corrected chi connectivity index (χ4v) is 3.71. The van der Waals surface area contributed by atoms with Crippen LogP contribution in [0.2, 0.25) is 5.02 Å². The van der Waals surface area contributed by atoms with Crippen molar-refractivity contribution in [1.29, 1.82) is 0 Å². The molecule has 0 radical (unpaired) electrons. The smallest absolute Gasteiger partial charge is 0.387 e. The fraction of sp³-hybridized carbons (Fsp3) is 0.238. The van der Waals surface area contributed by atoms with Gasteiger partial charge in [0.1, 0.15) is 5.75 Å². The van der Waals surface area contributed by atoms with E-state index < -0.39 is 6.61 Å². The summed E-state index contributed by atoms with van der Waals surface area (Å²) >= 11 is 6.18. The van der Waals surface area contributed by atoms with Gasteiger partial charge < -0.3 is 15.0 Å². The Kier molecular flexibility index (Phi) is 5.85. The number of ether oxygens (including phenoxy) is 1. The number of para-hydroxylation sites is 3. The van der Waals surface area contributed by atoms with Gasteiger partial charge in [-0.2, -0.15) is 13.9 Å². The highest BCUT2D eigenvalue weighted by Crippen LogP contribution is 2.31. The topological polar surface area (TPSA) is 59.4 Å². The Labute approximate surface area is 177 Å². The fourth-order valence-electron chi connectivity index (χ4n) is 3.49. The van der Waals surface area contributed by atoms with Crippen LogP contribution in [-0.4, -0.2) is 41.4 Å². The molecule has 6 nitrogen and oxygen atoms in total. The molecule has 1 aliphatic rings. The summed E-state index contributed by atoms with van der Waals surface area (Å²) in [5, 5.41) is 7.73. The van der Waals surface area contributed by atoms with Gasteiger partial charge in [-0.15, -0.1) is 0 Å². The van der Waals surface area contributed by atoms with Gasteiger partial charge in [-0.1, -0.05) is 35.9 Å². The van der Waals surface area contributed by atoms with Crippen LogP contribution in [0.4, 0.5) is 14.5 Å². The van der Waals surface area contributed by atoms with Gasteiger partial charge in [-0.3, -0.25) is 4.79 Å². The second-order valence-electron chi connectivity index (χ2n) is 6.88. The average Bonchev–Trinajstić information content (AvgIpc) is 3.38. The van der Waals surface area contributed by atoms with E-state index in [1.807, 2.05) is 23.1 Å². The van der Waals surface area contributed by atoms with Crippen molar-refractivity contribution in [2.24, 2.45) is 0 Å². The quantitative estimate of drug-likeness (QED) is 0.636. The minimum absolute atomic E-state index is 0.124. The first-order valence-corrected chi connectivity index (χ1v) is 9.78. The summed E-state index contributed by atoms with van der Waals surface area (Å²) in [5.41, 5.74) is 1.68. The van der Waals surface area contributed by atoms with Crippen LogP contribution in [0.25, 0.3) is 5.69 Å². The SMILES string of the molecule is O=C(NC1CCN(c2ccccc2OC(F)F)C1)c1cnn(-c2ccccc2Cl)c1. The van der Waals surface area contributed by atoms with Crippen LogP contribution in [0.15, 0.2) is 60.9 Å². The van der Waals surface area contributed by atoms with Gasteiger partial charge in [-0.25, -0.2) is 4.68 Å². The average molecular weight is 433 g/mol. The monoisotopic (exact) mass is 432 g/mol. The molecule has 1 unspecified atom stereocenters. The number of aromatic nitrogens is 2. The molecule has 30 heavy (non-hydrogen) atoms. The molecule has 0 saturated carbocycles. The molecule has 1 N–H and O–H groups in total. The van der Waals surface area contributed by atoms with Crippen LogP contribution in [0, 0.1) is 0 Å². The zero-order valence-electron chi connectivity index (χ0n) is 15.8. The maximum absolute atomic E-state index is 12.7. The zero-order chi connectivity index (χ0) is 21.1. The zero-order valence-corrected chi connectivity index (χ0v) is 16.6. The maximum Gasteiger partial charge on any atom is 0.387 e. The number of carbonyl (C=O) groups excluding carboxylic acids is 1. The van der Waals surface area contributed by atoms with Crippen molar-refractivity contribution in [3.63, 3.8) is 0 Å². The number of nitrogens with one attached hydrogen (secondary N) is 1. The van der Waals surface area contributed by atoms with Crippen molar-refractivity contribution < 1.29 is 18.3 Å². The molecule has 1 amide bonds. The number of hydrogen-bond acceptors (Lipinski definition) is 4. The Morgan fingerprint density at radius 3 is 2.67 bits per heavy atom. The molecule has 3 aromatic rings. The lowest BCUT2D eigenvalue weighted by Crippen LogP contribution is -2.37. The lowest BCUT2D eigenvalue weighted by Gasteiger charge is -2.22. The Morgan fingerprint density at radius 1 is 1.17 bits per heavy atom. The Balaban J connectivity index is 1.41. The lowest BCUT2D eigenvalue weighted by atomic mass is 10.2. The molecule has 4 rings (SSSR count). The second-order valence-corrected chi connectivity index (χ2v) is 7.28. The number of amides is 1. The minimum atomic E-state index is -2.89. The number of anilines is 1. The number of hydrogen-bond donors (Lipinski definition) is 1. The number of nitrogens with zero attached hydrogens (tertiary/aromatic N) is 3. The number of rotatable bonds is 6. The van der Waals surface area contributed by atoms with Crippen molar-refractivity contribution in [2.75, 3.05) is 18.0 Å². The van der Waals surface area contributed by atoms with Crippen molar-refractivity contribution in [3.8, 4) is 11.4 Å². The van der Waals surface area contributed by atoms with E-state index in [4.69, 9.17) is 11.6 Å². The van der Waals surface area contributed by atoms with Crippen LogP contribution < -0.4 is 15.0 Å². The Hall–Kier alpha value is -3.13. The van der Waals surface area contributed by atoms with Gasteiger partial charge in [0.15, 0.2) is 0 Å². The van der Waals surface area contributed by atoms with Crippen molar-refractivity contribution in [1.82, 2.24) is 15.1 Å². The predicted octanol–water partition coefficient (Wildman–Crippen LogP) is 4.14. The third kappa shape index (κ3) is 4.38. The van der Waals surface area contributed by atoms with Crippen LogP contribution in [0.5, 0.6) is 5.75 Å². The van der Waals surface area contributed by atoms with E-state index in [0.29, 0.717) is 41.5 Å². The molecule has 2 aromatic carbocycles. The van der Waals surface area contributed by atoms with E-state index in [-0.39, 0.29) is 17.7 Å². The molecule has 156 valence electrons. The number of alkyl halides is 2. The first kappa shape index (κ1) is 20.2. The number of benzene rings is 2. The third-order valence-electron chi connectivity index (χ3n) is 4.89. The molecule has 0 bridgehead atoms. The summed E-state index contributed by atoms with van der Waals surface area (Å²) in [5.74, 6) is -0.127. The summed E-state index contributed by atoms with van der Waals surface area (Å²) in [7, 11) is 0.